The zero-order valence-electron chi connectivity index (χ0n) is 12.0. The molecule has 2 aromatic rings. The number of nitrogens with two attached hydrogens (primary N) is 1. The number of carbonyl (C=O) groups is 2. The molecule has 22 heavy (non-hydrogen) atoms. The summed E-state index contributed by atoms with van der Waals surface area (Å²) in [5.74, 6) is -1.04. The number of hydrogen-bond acceptors (Lipinski definition) is 4. The Labute approximate surface area is 127 Å². The molecule has 2 amide bonds. The zero-order chi connectivity index (χ0) is 15.7. The van der Waals surface area contributed by atoms with Crippen molar-refractivity contribution in [3.8, 4) is 0 Å². The first-order valence-electron chi connectivity index (χ1n) is 7.15. The normalized spacial score (nSPS) is 21.8. The minimum absolute atomic E-state index is 0.0790. The summed E-state index contributed by atoms with van der Waals surface area (Å²) in [4.78, 5) is 29.7. The molecule has 2 heterocycles. The highest BCUT2D eigenvalue weighted by molar-refractivity contribution is 6.06. The van der Waals surface area contributed by atoms with Crippen LogP contribution in [0.3, 0.4) is 0 Å². The number of piperidine rings is 1. The molecule has 1 atom stereocenters. The summed E-state index contributed by atoms with van der Waals surface area (Å²) in [6.07, 6.45) is 4.02. The number of likely N-dealkylation sites (tertiary alicyclic amines) is 1. The average molecular weight is 299 g/mol. The van der Waals surface area contributed by atoms with Gasteiger partial charge in [0.15, 0.2) is 5.60 Å². The van der Waals surface area contributed by atoms with Crippen LogP contribution in [0.1, 0.15) is 23.2 Å². The fourth-order valence-corrected chi connectivity index (χ4v) is 2.87. The third-order valence-electron chi connectivity index (χ3n) is 4.12. The van der Waals surface area contributed by atoms with E-state index >= 15 is 0 Å². The number of carbonyl (C=O) groups excluding carboxylic acids is 2. The van der Waals surface area contributed by atoms with Crippen molar-refractivity contribution >= 4 is 22.6 Å². The van der Waals surface area contributed by atoms with E-state index in [0.29, 0.717) is 18.5 Å². The van der Waals surface area contributed by atoms with Gasteiger partial charge >= 0.3 is 0 Å². The summed E-state index contributed by atoms with van der Waals surface area (Å²) >= 11 is 0. The Hall–Kier alpha value is -2.47. The second kappa shape index (κ2) is 5.38. The molecule has 1 aromatic heterocycles. The van der Waals surface area contributed by atoms with E-state index in [0.717, 1.165) is 10.8 Å². The van der Waals surface area contributed by atoms with Gasteiger partial charge in [-0.05, 0) is 18.2 Å². The second-order valence-electron chi connectivity index (χ2n) is 5.63. The summed E-state index contributed by atoms with van der Waals surface area (Å²) in [6.45, 7) is 0.405. The Balaban J connectivity index is 1.94. The van der Waals surface area contributed by atoms with Crippen LogP contribution in [-0.4, -0.2) is 45.5 Å². The Morgan fingerprint density at radius 1 is 1.27 bits per heavy atom. The predicted octanol–water partition coefficient (Wildman–Crippen LogP) is 0.687. The molecule has 3 rings (SSSR count). The van der Waals surface area contributed by atoms with Crippen LogP contribution in [0.4, 0.5) is 0 Å². The van der Waals surface area contributed by atoms with Gasteiger partial charge in [0.2, 0.25) is 0 Å². The van der Waals surface area contributed by atoms with Gasteiger partial charge in [0, 0.05) is 24.3 Å². The van der Waals surface area contributed by atoms with Crippen LogP contribution in [0.2, 0.25) is 0 Å². The molecule has 114 valence electrons. The molecule has 1 saturated heterocycles. The molecule has 1 aliphatic rings. The number of aromatic nitrogens is 1. The number of hydrogen-bond donors (Lipinski definition) is 2. The minimum atomic E-state index is -1.65. The van der Waals surface area contributed by atoms with Gasteiger partial charge in [-0.1, -0.05) is 24.3 Å². The van der Waals surface area contributed by atoms with Crippen molar-refractivity contribution in [2.75, 3.05) is 13.1 Å². The maximum Gasteiger partial charge on any atom is 0.256 e. The van der Waals surface area contributed by atoms with Gasteiger partial charge in [0.05, 0.1) is 12.1 Å². The second-order valence-corrected chi connectivity index (χ2v) is 5.63. The quantitative estimate of drug-likeness (QED) is 0.852. The zero-order valence-corrected chi connectivity index (χ0v) is 12.0. The lowest BCUT2D eigenvalue weighted by molar-refractivity contribution is -0.140. The van der Waals surface area contributed by atoms with Crippen LogP contribution in [0, 0.1) is 0 Å². The topological polar surface area (TPSA) is 96.5 Å². The van der Waals surface area contributed by atoms with Gasteiger partial charge in [0.1, 0.15) is 0 Å². The lowest BCUT2D eigenvalue weighted by Crippen LogP contribution is -2.57. The Morgan fingerprint density at radius 3 is 2.82 bits per heavy atom. The number of amides is 2. The van der Waals surface area contributed by atoms with Gasteiger partial charge in [-0.2, -0.15) is 0 Å². The van der Waals surface area contributed by atoms with E-state index in [-0.39, 0.29) is 18.9 Å². The summed E-state index contributed by atoms with van der Waals surface area (Å²) in [6, 6.07) is 7.48. The predicted molar refractivity (Wildman–Crippen MR) is 81.0 cm³/mol. The third-order valence-corrected chi connectivity index (χ3v) is 4.12. The van der Waals surface area contributed by atoms with Gasteiger partial charge in [-0.25, -0.2) is 0 Å². The third kappa shape index (κ3) is 2.42. The number of aliphatic hydroxyl groups is 1. The average Bonchev–Trinajstić information content (AvgIpc) is 2.53. The highest BCUT2D eigenvalue weighted by Crippen LogP contribution is 2.24. The van der Waals surface area contributed by atoms with E-state index in [9.17, 15) is 14.7 Å². The van der Waals surface area contributed by atoms with Crippen molar-refractivity contribution in [1.82, 2.24) is 9.88 Å². The van der Waals surface area contributed by atoms with Crippen molar-refractivity contribution in [3.05, 3.63) is 42.2 Å². The van der Waals surface area contributed by atoms with Crippen molar-refractivity contribution < 1.29 is 14.7 Å². The lowest BCUT2D eigenvalue weighted by Gasteiger charge is -2.37. The van der Waals surface area contributed by atoms with Gasteiger partial charge in [-0.3, -0.25) is 14.6 Å². The van der Waals surface area contributed by atoms with Crippen LogP contribution >= 0.6 is 0 Å². The fourth-order valence-electron chi connectivity index (χ4n) is 2.87. The molecule has 1 aromatic carbocycles. The Morgan fingerprint density at radius 2 is 2.05 bits per heavy atom. The number of primary amides is 1. The van der Waals surface area contributed by atoms with Crippen LogP contribution in [0.15, 0.2) is 36.7 Å². The number of nitrogens with zero attached hydrogens (tertiary/aromatic N) is 2. The highest BCUT2D eigenvalue weighted by atomic mass is 16.3. The van der Waals surface area contributed by atoms with E-state index in [1.807, 2.05) is 24.3 Å². The first-order valence-corrected chi connectivity index (χ1v) is 7.15. The van der Waals surface area contributed by atoms with E-state index in [2.05, 4.69) is 4.98 Å². The molecule has 0 aliphatic carbocycles. The van der Waals surface area contributed by atoms with Crippen LogP contribution in [-0.2, 0) is 4.79 Å². The van der Waals surface area contributed by atoms with Crippen molar-refractivity contribution in [2.45, 2.75) is 18.4 Å². The molecule has 6 nitrogen and oxygen atoms in total. The van der Waals surface area contributed by atoms with E-state index in [1.54, 1.807) is 6.20 Å². The van der Waals surface area contributed by atoms with E-state index in [1.165, 1.54) is 11.1 Å². The smallest absolute Gasteiger partial charge is 0.256 e. The van der Waals surface area contributed by atoms with Crippen molar-refractivity contribution in [2.24, 2.45) is 5.73 Å². The van der Waals surface area contributed by atoms with Crippen molar-refractivity contribution in [1.29, 1.82) is 0 Å². The van der Waals surface area contributed by atoms with Crippen LogP contribution < -0.4 is 5.73 Å². The van der Waals surface area contributed by atoms with Crippen molar-refractivity contribution in [3.63, 3.8) is 0 Å². The molecular weight excluding hydrogens is 282 g/mol. The molecule has 1 aliphatic heterocycles. The van der Waals surface area contributed by atoms with E-state index in [4.69, 9.17) is 5.73 Å². The number of pyridine rings is 1. The molecule has 6 heteroatoms. The monoisotopic (exact) mass is 299 g/mol. The highest BCUT2D eigenvalue weighted by Gasteiger charge is 2.40. The molecule has 0 bridgehead atoms. The summed E-state index contributed by atoms with van der Waals surface area (Å²) < 4.78 is 0. The maximum absolute atomic E-state index is 12.7. The maximum atomic E-state index is 12.7. The number of fused-ring (bicyclic) bond motifs is 1. The molecule has 0 radical (unpaired) electrons. The van der Waals surface area contributed by atoms with Crippen LogP contribution in [0.5, 0.6) is 0 Å². The Bertz CT molecular complexity index is 741. The SMILES string of the molecule is NC(=O)C1(O)CCCN(C(=O)c2cncc3ccccc23)C1. The molecule has 3 N–H and O–H groups in total. The van der Waals surface area contributed by atoms with E-state index < -0.39 is 11.5 Å². The lowest BCUT2D eigenvalue weighted by atomic mass is 9.91. The molecule has 0 spiro atoms. The van der Waals surface area contributed by atoms with Crippen LogP contribution in [0.25, 0.3) is 10.8 Å². The van der Waals surface area contributed by atoms with Gasteiger partial charge in [0.25, 0.3) is 11.8 Å². The molecule has 1 fully saturated rings. The number of benzene rings is 1. The van der Waals surface area contributed by atoms with Gasteiger partial charge in [-0.15, -0.1) is 0 Å². The van der Waals surface area contributed by atoms with Gasteiger partial charge < -0.3 is 15.7 Å². The number of β-amino-alcohol motifs (C(OH)–C–C–N with tert-alkyl or cyclic N) is 1. The Kier molecular flexibility index (Phi) is 3.54. The first-order chi connectivity index (χ1) is 10.5. The molecular formula is C16H17N3O3. The first kappa shape index (κ1) is 14.5. The molecule has 1 unspecified atom stereocenters. The fraction of sp³-hybridized carbons (Fsp3) is 0.312. The minimum Gasteiger partial charge on any atom is -0.378 e. The molecule has 0 saturated carbocycles. The number of rotatable bonds is 2. The summed E-state index contributed by atoms with van der Waals surface area (Å²) in [5.41, 5.74) is 4.07. The largest absolute Gasteiger partial charge is 0.378 e. The summed E-state index contributed by atoms with van der Waals surface area (Å²) in [7, 11) is 0. The summed E-state index contributed by atoms with van der Waals surface area (Å²) in [5, 5.41) is 11.9. The standard InChI is InChI=1S/C16H17N3O3/c17-15(21)16(22)6-3-7-19(10-16)14(20)13-9-18-8-11-4-1-2-5-12(11)13/h1-2,4-5,8-9,22H,3,6-7,10H2,(H2,17,21).